The molecule has 0 N–H and O–H groups in total. The first kappa shape index (κ1) is 12.6. The number of ether oxygens (including phenoxy) is 1. The van der Waals surface area contributed by atoms with Crippen molar-refractivity contribution >= 4 is 6.09 Å². The number of amides is 1. The molecule has 0 radical (unpaired) electrons. The molecule has 0 saturated carbocycles. The summed E-state index contributed by atoms with van der Waals surface area (Å²) in [4.78, 5) is 28.7. The first-order chi connectivity index (χ1) is 8.37. The molecule has 0 bridgehead atoms. The number of hydrogen-bond acceptors (Lipinski definition) is 4. The minimum absolute atomic E-state index is 0.00119. The predicted octanol–water partition coefficient (Wildman–Crippen LogP) is 1.04. The Bertz CT molecular complexity index is 498. The second kappa shape index (κ2) is 4.44. The summed E-state index contributed by atoms with van der Waals surface area (Å²) in [6, 6.07) is 1.41. The molecule has 1 aliphatic rings. The lowest BCUT2D eigenvalue weighted by Gasteiger charge is -2.40. The van der Waals surface area contributed by atoms with Gasteiger partial charge in [-0.1, -0.05) is 0 Å². The molecular formula is C12H17N3O3. The van der Waals surface area contributed by atoms with E-state index in [9.17, 15) is 9.59 Å². The molecule has 98 valence electrons. The molecule has 0 unspecified atom stereocenters. The number of rotatable bonds is 1. The molecule has 0 atom stereocenters. The number of aromatic nitrogens is 2. The second-order valence-electron chi connectivity index (χ2n) is 5.36. The third kappa shape index (κ3) is 2.69. The standard InChI is InChI=1S/C12H17N3O3/c1-12(2,3)18-11(17)14-6-9(7-14)15-8-13-5-4-10(15)16/h4-5,8-9H,6-7H2,1-3H3. The number of carbonyl (C=O) groups is 1. The SMILES string of the molecule is CC(C)(C)OC(=O)N1CC(n2cnccc2=O)C1. The normalized spacial score (nSPS) is 16.3. The fourth-order valence-corrected chi connectivity index (χ4v) is 1.74. The fourth-order valence-electron chi connectivity index (χ4n) is 1.74. The van der Waals surface area contributed by atoms with E-state index < -0.39 is 5.60 Å². The van der Waals surface area contributed by atoms with E-state index in [0.29, 0.717) is 13.1 Å². The zero-order chi connectivity index (χ0) is 13.3. The predicted molar refractivity (Wildman–Crippen MR) is 65.3 cm³/mol. The number of likely N-dealkylation sites (tertiary alicyclic amines) is 1. The molecule has 2 heterocycles. The van der Waals surface area contributed by atoms with Crippen LogP contribution in [-0.4, -0.2) is 39.2 Å². The van der Waals surface area contributed by atoms with Crippen molar-refractivity contribution in [2.75, 3.05) is 13.1 Å². The van der Waals surface area contributed by atoms with Gasteiger partial charge in [-0.15, -0.1) is 0 Å². The van der Waals surface area contributed by atoms with Gasteiger partial charge in [0.2, 0.25) is 0 Å². The van der Waals surface area contributed by atoms with E-state index >= 15 is 0 Å². The van der Waals surface area contributed by atoms with Crippen molar-refractivity contribution in [3.8, 4) is 0 Å². The first-order valence-electron chi connectivity index (χ1n) is 5.87. The lowest BCUT2D eigenvalue weighted by atomic mass is 10.1. The quantitative estimate of drug-likeness (QED) is 0.748. The van der Waals surface area contributed by atoms with Gasteiger partial charge in [-0.3, -0.25) is 9.36 Å². The van der Waals surface area contributed by atoms with E-state index in [4.69, 9.17) is 4.74 Å². The van der Waals surface area contributed by atoms with Gasteiger partial charge in [-0.05, 0) is 20.8 Å². The van der Waals surface area contributed by atoms with Gasteiger partial charge in [0.05, 0.1) is 12.4 Å². The van der Waals surface area contributed by atoms with Crippen LogP contribution in [-0.2, 0) is 4.74 Å². The van der Waals surface area contributed by atoms with Gasteiger partial charge in [-0.25, -0.2) is 9.78 Å². The zero-order valence-electron chi connectivity index (χ0n) is 10.8. The minimum atomic E-state index is -0.493. The van der Waals surface area contributed by atoms with Gasteiger partial charge in [0.25, 0.3) is 5.56 Å². The lowest BCUT2D eigenvalue weighted by molar-refractivity contribution is 0.000530. The van der Waals surface area contributed by atoms with Gasteiger partial charge < -0.3 is 9.64 Å². The van der Waals surface area contributed by atoms with Gasteiger partial charge in [0.15, 0.2) is 0 Å². The Morgan fingerprint density at radius 2 is 2.11 bits per heavy atom. The first-order valence-corrected chi connectivity index (χ1v) is 5.87. The maximum Gasteiger partial charge on any atom is 0.410 e. The van der Waals surface area contributed by atoms with Crippen LogP contribution in [0.25, 0.3) is 0 Å². The molecule has 6 nitrogen and oxygen atoms in total. The third-order valence-corrected chi connectivity index (χ3v) is 2.66. The summed E-state index contributed by atoms with van der Waals surface area (Å²) in [5, 5.41) is 0. The lowest BCUT2D eigenvalue weighted by Crippen LogP contribution is -2.53. The van der Waals surface area contributed by atoms with Crippen molar-refractivity contribution in [3.63, 3.8) is 0 Å². The fraction of sp³-hybridized carbons (Fsp3) is 0.583. The molecule has 1 aromatic rings. The van der Waals surface area contributed by atoms with Crippen LogP contribution in [0.15, 0.2) is 23.4 Å². The van der Waals surface area contributed by atoms with E-state index in [1.54, 1.807) is 9.47 Å². The van der Waals surface area contributed by atoms with Crippen LogP contribution in [0.4, 0.5) is 4.79 Å². The molecule has 0 aromatic carbocycles. The average Bonchev–Trinajstić information content (AvgIpc) is 2.15. The Morgan fingerprint density at radius 3 is 2.67 bits per heavy atom. The van der Waals surface area contributed by atoms with E-state index in [2.05, 4.69) is 4.98 Å². The van der Waals surface area contributed by atoms with E-state index in [0.717, 1.165) is 0 Å². The molecule has 0 aliphatic carbocycles. The molecule has 1 aromatic heterocycles. The summed E-state index contributed by atoms with van der Waals surface area (Å²) >= 11 is 0. The summed E-state index contributed by atoms with van der Waals surface area (Å²) in [6.07, 6.45) is 2.62. The Kier molecular flexibility index (Phi) is 3.11. The van der Waals surface area contributed by atoms with Crippen molar-refractivity contribution < 1.29 is 9.53 Å². The Labute approximate surface area is 105 Å². The maximum absolute atomic E-state index is 11.7. The van der Waals surface area contributed by atoms with Crippen molar-refractivity contribution in [3.05, 3.63) is 28.9 Å². The highest BCUT2D eigenvalue weighted by Gasteiger charge is 2.34. The van der Waals surface area contributed by atoms with Crippen molar-refractivity contribution in [2.45, 2.75) is 32.4 Å². The highest BCUT2D eigenvalue weighted by molar-refractivity contribution is 5.69. The Hall–Kier alpha value is -1.85. The molecule has 1 aliphatic heterocycles. The van der Waals surface area contributed by atoms with Crippen LogP contribution >= 0.6 is 0 Å². The zero-order valence-corrected chi connectivity index (χ0v) is 10.8. The van der Waals surface area contributed by atoms with Crippen LogP contribution in [0.2, 0.25) is 0 Å². The molecular weight excluding hydrogens is 234 g/mol. The van der Waals surface area contributed by atoms with Gasteiger partial charge in [-0.2, -0.15) is 0 Å². The van der Waals surface area contributed by atoms with E-state index in [1.165, 1.54) is 18.6 Å². The smallest absolute Gasteiger partial charge is 0.410 e. The largest absolute Gasteiger partial charge is 0.444 e. The third-order valence-electron chi connectivity index (χ3n) is 2.66. The topological polar surface area (TPSA) is 64.4 Å². The summed E-state index contributed by atoms with van der Waals surface area (Å²) < 4.78 is 6.78. The van der Waals surface area contributed by atoms with Crippen LogP contribution in [0.5, 0.6) is 0 Å². The Morgan fingerprint density at radius 1 is 1.44 bits per heavy atom. The molecule has 2 rings (SSSR count). The summed E-state index contributed by atoms with van der Waals surface area (Å²) in [5.41, 5.74) is -0.591. The molecule has 1 fully saturated rings. The van der Waals surface area contributed by atoms with Crippen LogP contribution in [0.1, 0.15) is 26.8 Å². The van der Waals surface area contributed by atoms with E-state index in [-0.39, 0.29) is 17.7 Å². The van der Waals surface area contributed by atoms with Crippen LogP contribution in [0.3, 0.4) is 0 Å². The van der Waals surface area contributed by atoms with Crippen LogP contribution < -0.4 is 5.56 Å². The average molecular weight is 251 g/mol. The molecule has 18 heavy (non-hydrogen) atoms. The van der Waals surface area contributed by atoms with Gasteiger partial charge in [0, 0.05) is 25.4 Å². The highest BCUT2D eigenvalue weighted by atomic mass is 16.6. The van der Waals surface area contributed by atoms with Crippen LogP contribution in [0, 0.1) is 0 Å². The monoisotopic (exact) mass is 251 g/mol. The molecule has 1 saturated heterocycles. The summed E-state index contributed by atoms with van der Waals surface area (Å²) in [7, 11) is 0. The maximum atomic E-state index is 11.7. The van der Waals surface area contributed by atoms with Gasteiger partial charge >= 0.3 is 6.09 Å². The highest BCUT2D eigenvalue weighted by Crippen LogP contribution is 2.21. The summed E-state index contributed by atoms with van der Waals surface area (Å²) in [6.45, 7) is 6.45. The van der Waals surface area contributed by atoms with Crippen molar-refractivity contribution in [2.24, 2.45) is 0 Å². The van der Waals surface area contributed by atoms with Crippen molar-refractivity contribution in [1.29, 1.82) is 0 Å². The molecule has 6 heteroatoms. The Balaban J connectivity index is 1.93. The number of hydrogen-bond donors (Lipinski definition) is 0. The van der Waals surface area contributed by atoms with Gasteiger partial charge in [0.1, 0.15) is 5.60 Å². The molecule has 1 amide bonds. The second-order valence-corrected chi connectivity index (χ2v) is 5.36. The van der Waals surface area contributed by atoms with E-state index in [1.807, 2.05) is 20.8 Å². The minimum Gasteiger partial charge on any atom is -0.444 e. The number of carbonyl (C=O) groups excluding carboxylic acids is 1. The number of nitrogens with zero attached hydrogens (tertiary/aromatic N) is 3. The molecule has 0 spiro atoms. The summed E-state index contributed by atoms with van der Waals surface area (Å²) in [5.74, 6) is 0. The van der Waals surface area contributed by atoms with Crippen molar-refractivity contribution in [1.82, 2.24) is 14.5 Å².